The molecule has 0 bridgehead atoms. The minimum Gasteiger partial charge on any atom is -0.543 e. The molecule has 1 aromatic heterocycles. The molecule has 1 N–H and O–H groups in total. The normalized spacial score (nSPS) is 22.5. The summed E-state index contributed by atoms with van der Waals surface area (Å²) in [7, 11) is 1.26. The maximum Gasteiger partial charge on any atom is 0.287 e. The number of hydrogen-bond acceptors (Lipinski definition) is 6. The number of carboxylic acid groups (broad SMARTS) is 1. The van der Waals surface area contributed by atoms with Crippen molar-refractivity contribution in [3.63, 3.8) is 0 Å². The van der Waals surface area contributed by atoms with Crippen molar-refractivity contribution in [2.24, 2.45) is 0 Å². The summed E-state index contributed by atoms with van der Waals surface area (Å²) in [6, 6.07) is 14.5. The number of pyridine rings is 1. The summed E-state index contributed by atoms with van der Waals surface area (Å²) >= 11 is 0. The topological polar surface area (TPSA) is 112 Å². The highest BCUT2D eigenvalue weighted by molar-refractivity contribution is 6.02. The Balaban J connectivity index is 1.57. The van der Waals surface area contributed by atoms with E-state index in [-0.39, 0.29) is 25.3 Å². The minimum absolute atomic E-state index is 0.0328. The minimum atomic E-state index is -1.79. The Kier molecular flexibility index (Phi) is 5.53. The van der Waals surface area contributed by atoms with Crippen LogP contribution < -0.4 is 15.0 Å². The van der Waals surface area contributed by atoms with E-state index in [9.17, 15) is 19.5 Å². The van der Waals surface area contributed by atoms with Crippen molar-refractivity contribution in [1.82, 2.24) is 10.2 Å². The zero-order valence-electron chi connectivity index (χ0n) is 16.8. The lowest BCUT2D eigenvalue weighted by Gasteiger charge is -2.56. The molecule has 31 heavy (non-hydrogen) atoms. The second-order valence-electron chi connectivity index (χ2n) is 7.28. The number of carbonyl (C=O) groups excluding carboxylic acids is 3. The van der Waals surface area contributed by atoms with Gasteiger partial charge in [0.05, 0.1) is 24.7 Å². The largest absolute Gasteiger partial charge is 0.543 e. The van der Waals surface area contributed by atoms with Crippen LogP contribution in [-0.2, 0) is 36.8 Å². The molecular weight excluding hydrogens is 402 g/mol. The van der Waals surface area contributed by atoms with Crippen molar-refractivity contribution in [2.75, 3.05) is 13.7 Å². The maximum atomic E-state index is 13.0. The number of β-lactam (4-membered cyclic amide) rings is 1. The molecule has 0 saturated carbocycles. The SMILES string of the molecule is CO[C@@]1(NC(=O)Cc2ccccc2)C(=O)N2C(C(=O)[O-])=C(C[n+]3ccccc3)COC21. The molecule has 2 amide bonds. The van der Waals surface area contributed by atoms with Crippen LogP contribution in [0.15, 0.2) is 72.2 Å². The average molecular weight is 423 g/mol. The lowest BCUT2D eigenvalue weighted by molar-refractivity contribution is -0.689. The number of aromatic nitrogens is 1. The van der Waals surface area contributed by atoms with Crippen LogP contribution in [-0.4, -0.2) is 48.4 Å². The number of carboxylic acids is 1. The molecule has 0 aliphatic carbocycles. The number of benzene rings is 1. The summed E-state index contributed by atoms with van der Waals surface area (Å²) in [6.07, 6.45) is 2.47. The smallest absolute Gasteiger partial charge is 0.287 e. The zero-order valence-corrected chi connectivity index (χ0v) is 16.8. The van der Waals surface area contributed by atoms with E-state index in [2.05, 4.69) is 5.32 Å². The molecule has 2 aliphatic rings. The standard InChI is InChI=1S/C22H21N3O6/c1-30-22(23-17(26)12-15-8-4-2-5-9-15)20(29)25-18(19(27)28)16(14-31-21(22)25)13-24-10-6-3-7-11-24/h2-11,21H,12-14H2,1H3,(H-,23,26,27,28)/t21?,22-/m0/s1. The molecule has 160 valence electrons. The first-order chi connectivity index (χ1) is 15.0. The van der Waals surface area contributed by atoms with E-state index in [1.54, 1.807) is 53.4 Å². The van der Waals surface area contributed by atoms with Crippen molar-refractivity contribution < 1.29 is 33.5 Å². The molecule has 2 atom stereocenters. The van der Waals surface area contributed by atoms with Crippen LogP contribution in [0.25, 0.3) is 0 Å². The third kappa shape index (κ3) is 3.69. The molecule has 9 heteroatoms. The predicted octanol–water partition coefficient (Wildman–Crippen LogP) is -1.12. The first kappa shape index (κ1) is 20.7. The highest BCUT2D eigenvalue weighted by Gasteiger charge is 2.66. The number of carbonyl (C=O) groups is 3. The van der Waals surface area contributed by atoms with Gasteiger partial charge in [0.25, 0.3) is 11.6 Å². The Bertz CT molecular complexity index is 1040. The van der Waals surface area contributed by atoms with Crippen molar-refractivity contribution in [3.8, 4) is 0 Å². The summed E-state index contributed by atoms with van der Waals surface area (Å²) in [5, 5.41) is 14.5. The van der Waals surface area contributed by atoms with Crippen LogP contribution in [0.2, 0.25) is 0 Å². The Hall–Kier alpha value is -3.56. The number of amides is 2. The van der Waals surface area contributed by atoms with Gasteiger partial charge in [-0.25, -0.2) is 4.57 Å². The van der Waals surface area contributed by atoms with Crippen molar-refractivity contribution in [1.29, 1.82) is 0 Å². The van der Waals surface area contributed by atoms with Crippen molar-refractivity contribution in [3.05, 3.63) is 77.8 Å². The van der Waals surface area contributed by atoms with Gasteiger partial charge in [-0.2, -0.15) is 0 Å². The molecule has 1 fully saturated rings. The van der Waals surface area contributed by atoms with Gasteiger partial charge in [-0.15, -0.1) is 0 Å². The van der Waals surface area contributed by atoms with Gasteiger partial charge in [0.2, 0.25) is 5.91 Å². The zero-order chi connectivity index (χ0) is 22.0. The van der Waals surface area contributed by atoms with Gasteiger partial charge >= 0.3 is 0 Å². The molecule has 2 aliphatic heterocycles. The number of rotatable bonds is 7. The van der Waals surface area contributed by atoms with E-state index >= 15 is 0 Å². The molecule has 1 aromatic carbocycles. The summed E-state index contributed by atoms with van der Waals surface area (Å²) in [5.41, 5.74) is -0.918. The number of nitrogens with zero attached hydrogens (tertiary/aromatic N) is 2. The van der Waals surface area contributed by atoms with Crippen LogP contribution in [0.3, 0.4) is 0 Å². The molecule has 4 rings (SSSR count). The van der Waals surface area contributed by atoms with Gasteiger partial charge < -0.3 is 24.7 Å². The summed E-state index contributed by atoms with van der Waals surface area (Å²) < 4.78 is 12.9. The van der Waals surface area contributed by atoms with Crippen LogP contribution in [0, 0.1) is 0 Å². The van der Waals surface area contributed by atoms with Crippen LogP contribution in [0.4, 0.5) is 0 Å². The van der Waals surface area contributed by atoms with E-state index in [0.717, 1.165) is 10.5 Å². The fourth-order valence-corrected chi connectivity index (χ4v) is 3.85. The third-order valence-electron chi connectivity index (χ3n) is 5.31. The fraction of sp³-hybridized carbons (Fsp3) is 0.273. The van der Waals surface area contributed by atoms with Crippen molar-refractivity contribution in [2.45, 2.75) is 24.9 Å². The number of methoxy groups -OCH3 is 1. The molecular formula is C22H21N3O6. The molecule has 9 nitrogen and oxygen atoms in total. The van der Waals surface area contributed by atoms with E-state index in [4.69, 9.17) is 9.47 Å². The number of nitrogens with one attached hydrogen (secondary N) is 1. The van der Waals surface area contributed by atoms with Crippen LogP contribution in [0.5, 0.6) is 0 Å². The Morgan fingerprint density at radius 3 is 2.55 bits per heavy atom. The van der Waals surface area contributed by atoms with E-state index in [0.29, 0.717) is 5.57 Å². The summed E-state index contributed by atoms with van der Waals surface area (Å²) in [6.45, 7) is 0.153. The average Bonchev–Trinajstić information content (AvgIpc) is 2.78. The second kappa shape index (κ2) is 8.29. The molecule has 3 heterocycles. The highest BCUT2D eigenvalue weighted by Crippen LogP contribution is 2.40. The van der Waals surface area contributed by atoms with Gasteiger partial charge in [0.15, 0.2) is 25.2 Å². The molecule has 1 unspecified atom stereocenters. The molecule has 1 saturated heterocycles. The predicted molar refractivity (Wildman–Crippen MR) is 103 cm³/mol. The second-order valence-corrected chi connectivity index (χ2v) is 7.28. The Morgan fingerprint density at radius 2 is 1.90 bits per heavy atom. The highest BCUT2D eigenvalue weighted by atomic mass is 16.6. The molecule has 0 spiro atoms. The monoisotopic (exact) mass is 423 g/mol. The molecule has 2 aromatic rings. The van der Waals surface area contributed by atoms with Crippen LogP contribution >= 0.6 is 0 Å². The Labute approximate surface area is 178 Å². The summed E-state index contributed by atoms with van der Waals surface area (Å²) in [5.74, 6) is -2.67. The van der Waals surface area contributed by atoms with Crippen molar-refractivity contribution >= 4 is 17.8 Å². The first-order valence-corrected chi connectivity index (χ1v) is 9.69. The first-order valence-electron chi connectivity index (χ1n) is 9.69. The lowest BCUT2D eigenvalue weighted by Crippen LogP contribution is -2.83. The summed E-state index contributed by atoms with van der Waals surface area (Å²) in [4.78, 5) is 38.5. The van der Waals surface area contributed by atoms with E-state index in [1.165, 1.54) is 7.11 Å². The maximum absolute atomic E-state index is 13.0. The fourth-order valence-electron chi connectivity index (χ4n) is 3.85. The number of hydrogen-bond donors (Lipinski definition) is 1. The molecule has 0 radical (unpaired) electrons. The number of fused-ring (bicyclic) bond motifs is 1. The van der Waals surface area contributed by atoms with Gasteiger partial charge in [-0.05, 0) is 5.56 Å². The van der Waals surface area contributed by atoms with Gasteiger partial charge in [-0.3, -0.25) is 14.5 Å². The van der Waals surface area contributed by atoms with E-state index in [1.807, 2.05) is 12.1 Å². The Morgan fingerprint density at radius 1 is 1.23 bits per heavy atom. The quantitative estimate of drug-likeness (QED) is 0.343. The van der Waals surface area contributed by atoms with Gasteiger partial charge in [-0.1, -0.05) is 36.4 Å². The number of ether oxygens (including phenoxy) is 2. The number of aliphatic carboxylic acids is 1. The van der Waals surface area contributed by atoms with Gasteiger partial charge in [0.1, 0.15) is 0 Å². The van der Waals surface area contributed by atoms with Gasteiger partial charge in [0, 0.05) is 24.8 Å². The van der Waals surface area contributed by atoms with E-state index < -0.39 is 29.7 Å². The lowest BCUT2D eigenvalue weighted by atomic mass is 9.93. The third-order valence-corrected chi connectivity index (χ3v) is 5.31. The van der Waals surface area contributed by atoms with Crippen LogP contribution in [0.1, 0.15) is 5.56 Å².